The molecule has 0 unspecified atom stereocenters. The fourth-order valence-electron chi connectivity index (χ4n) is 4.18. The van der Waals surface area contributed by atoms with Gasteiger partial charge in [0.2, 0.25) is 11.8 Å². The minimum absolute atomic E-state index is 0.243. The molecule has 1 aromatic carbocycles. The highest BCUT2D eigenvalue weighted by Crippen LogP contribution is 2.33. The molecule has 4 aromatic rings. The van der Waals surface area contributed by atoms with Crippen molar-refractivity contribution in [1.29, 1.82) is 5.26 Å². The first-order valence-corrected chi connectivity index (χ1v) is 10.3. The molecule has 32 heavy (non-hydrogen) atoms. The van der Waals surface area contributed by atoms with Gasteiger partial charge in [-0.3, -0.25) is 4.57 Å². The van der Waals surface area contributed by atoms with E-state index in [1.54, 1.807) is 20.4 Å². The minimum Gasteiger partial charge on any atom is -0.481 e. The van der Waals surface area contributed by atoms with Crippen molar-refractivity contribution < 1.29 is 9.47 Å². The molecule has 9 heteroatoms. The van der Waals surface area contributed by atoms with Crippen molar-refractivity contribution in [2.45, 2.75) is 19.6 Å². The fraction of sp³-hybridized carbons (Fsp3) is 0.304. The molecule has 1 aliphatic heterocycles. The number of ether oxygens (including phenoxy) is 2. The van der Waals surface area contributed by atoms with Crippen molar-refractivity contribution in [3.05, 3.63) is 59.7 Å². The van der Waals surface area contributed by atoms with Crippen molar-refractivity contribution in [3.8, 4) is 17.6 Å². The number of nitriles is 1. The summed E-state index contributed by atoms with van der Waals surface area (Å²) in [6, 6.07) is 12.6. The van der Waals surface area contributed by atoms with E-state index in [4.69, 9.17) is 9.47 Å². The molecule has 3 aromatic heterocycles. The van der Waals surface area contributed by atoms with Gasteiger partial charge in [0.15, 0.2) is 5.82 Å². The summed E-state index contributed by atoms with van der Waals surface area (Å²) in [5, 5.41) is 19.4. The van der Waals surface area contributed by atoms with Gasteiger partial charge in [0.25, 0.3) is 0 Å². The predicted octanol–water partition coefficient (Wildman–Crippen LogP) is 3.01. The molecule has 1 aliphatic rings. The van der Waals surface area contributed by atoms with E-state index in [0.717, 1.165) is 41.2 Å². The van der Waals surface area contributed by atoms with Gasteiger partial charge in [0.05, 0.1) is 30.6 Å². The highest BCUT2D eigenvalue weighted by atomic mass is 16.5. The van der Waals surface area contributed by atoms with Gasteiger partial charge >= 0.3 is 0 Å². The zero-order valence-electron chi connectivity index (χ0n) is 18.2. The maximum absolute atomic E-state index is 9.57. The summed E-state index contributed by atoms with van der Waals surface area (Å²) < 4.78 is 14.7. The minimum atomic E-state index is 0.243. The lowest BCUT2D eigenvalue weighted by molar-refractivity contribution is 0.176. The Morgan fingerprint density at radius 2 is 2.00 bits per heavy atom. The Hall–Kier alpha value is -3.90. The molecule has 5 rings (SSSR count). The van der Waals surface area contributed by atoms with Crippen LogP contribution in [0, 0.1) is 18.3 Å². The fourth-order valence-corrected chi connectivity index (χ4v) is 4.18. The normalized spacial score (nSPS) is 13.9. The second-order valence-corrected chi connectivity index (χ2v) is 7.88. The SMILES string of the molecule is COCc1nnc(N2CC(n3cc(C#N)c4cc(C)ccc43)C2)n1-c1ccc(OC)nc1. The zero-order chi connectivity index (χ0) is 22.2. The van der Waals surface area contributed by atoms with Gasteiger partial charge in [-0.1, -0.05) is 11.6 Å². The van der Waals surface area contributed by atoms with Crippen LogP contribution >= 0.6 is 0 Å². The number of pyridine rings is 1. The first-order valence-electron chi connectivity index (χ1n) is 10.3. The Morgan fingerprint density at radius 1 is 1.16 bits per heavy atom. The van der Waals surface area contributed by atoms with E-state index in [0.29, 0.717) is 23.9 Å². The number of hydrogen-bond donors (Lipinski definition) is 0. The van der Waals surface area contributed by atoms with Gasteiger partial charge in [0.1, 0.15) is 12.7 Å². The number of nitrogens with zero attached hydrogens (tertiary/aromatic N) is 7. The van der Waals surface area contributed by atoms with E-state index in [1.807, 2.05) is 29.8 Å². The van der Waals surface area contributed by atoms with Crippen LogP contribution in [0.2, 0.25) is 0 Å². The molecular formula is C23H23N7O2. The van der Waals surface area contributed by atoms with E-state index in [9.17, 15) is 5.26 Å². The molecule has 1 saturated heterocycles. The third kappa shape index (κ3) is 3.25. The number of anilines is 1. The number of aryl methyl sites for hydroxylation is 1. The van der Waals surface area contributed by atoms with Crippen molar-refractivity contribution in [2.24, 2.45) is 0 Å². The van der Waals surface area contributed by atoms with Crippen LogP contribution in [0.3, 0.4) is 0 Å². The third-order valence-corrected chi connectivity index (χ3v) is 5.82. The van der Waals surface area contributed by atoms with Gasteiger partial charge in [-0.15, -0.1) is 10.2 Å². The van der Waals surface area contributed by atoms with Crippen molar-refractivity contribution in [3.63, 3.8) is 0 Å². The lowest BCUT2D eigenvalue weighted by Crippen LogP contribution is -2.48. The first kappa shape index (κ1) is 20.0. The van der Waals surface area contributed by atoms with Crippen LogP contribution in [0.25, 0.3) is 16.6 Å². The molecule has 0 saturated carbocycles. The molecule has 0 N–H and O–H groups in total. The van der Waals surface area contributed by atoms with Gasteiger partial charge in [-0.2, -0.15) is 5.26 Å². The summed E-state index contributed by atoms with van der Waals surface area (Å²) in [5.74, 6) is 1.99. The monoisotopic (exact) mass is 429 g/mol. The summed E-state index contributed by atoms with van der Waals surface area (Å²) in [5.41, 5.74) is 3.78. The van der Waals surface area contributed by atoms with Crippen molar-refractivity contribution in [1.82, 2.24) is 24.3 Å². The Kier molecular flexibility index (Phi) is 4.99. The number of aromatic nitrogens is 5. The van der Waals surface area contributed by atoms with Gasteiger partial charge in [-0.05, 0) is 25.1 Å². The average molecular weight is 429 g/mol. The molecular weight excluding hydrogens is 406 g/mol. The second kappa shape index (κ2) is 7.98. The topological polar surface area (TPSA) is 94.0 Å². The van der Waals surface area contributed by atoms with E-state index in [1.165, 1.54) is 0 Å². The predicted molar refractivity (Wildman–Crippen MR) is 119 cm³/mol. The summed E-state index contributed by atoms with van der Waals surface area (Å²) >= 11 is 0. The van der Waals surface area contributed by atoms with E-state index >= 15 is 0 Å². The largest absolute Gasteiger partial charge is 0.481 e. The van der Waals surface area contributed by atoms with Gasteiger partial charge in [-0.25, -0.2) is 4.98 Å². The Morgan fingerprint density at radius 3 is 2.69 bits per heavy atom. The summed E-state index contributed by atoms with van der Waals surface area (Å²) in [6.45, 7) is 3.90. The zero-order valence-corrected chi connectivity index (χ0v) is 18.2. The second-order valence-electron chi connectivity index (χ2n) is 7.88. The first-order chi connectivity index (χ1) is 15.6. The van der Waals surface area contributed by atoms with Crippen LogP contribution in [0.4, 0.5) is 5.95 Å². The number of rotatable bonds is 6. The number of hydrogen-bond acceptors (Lipinski definition) is 7. The van der Waals surface area contributed by atoms with Crippen LogP contribution in [0.1, 0.15) is 23.0 Å². The number of methoxy groups -OCH3 is 2. The lowest BCUT2D eigenvalue weighted by Gasteiger charge is -2.40. The average Bonchev–Trinajstić information content (AvgIpc) is 3.34. The molecule has 4 heterocycles. The molecule has 0 bridgehead atoms. The Labute approximate surface area is 185 Å². The molecule has 0 spiro atoms. The summed E-state index contributed by atoms with van der Waals surface area (Å²) in [4.78, 5) is 6.50. The Bertz CT molecular complexity index is 1310. The Balaban J connectivity index is 1.45. The van der Waals surface area contributed by atoms with E-state index < -0.39 is 0 Å². The molecule has 0 radical (unpaired) electrons. The van der Waals surface area contributed by atoms with Crippen LogP contribution in [0.15, 0.2) is 42.7 Å². The van der Waals surface area contributed by atoms with Crippen molar-refractivity contribution in [2.75, 3.05) is 32.2 Å². The molecule has 9 nitrogen and oxygen atoms in total. The molecule has 0 amide bonds. The molecule has 162 valence electrons. The van der Waals surface area contributed by atoms with Gasteiger partial charge in [0, 0.05) is 43.4 Å². The van der Waals surface area contributed by atoms with E-state index in [-0.39, 0.29) is 6.04 Å². The van der Waals surface area contributed by atoms with Gasteiger partial charge < -0.3 is 18.9 Å². The third-order valence-electron chi connectivity index (χ3n) is 5.82. The molecule has 0 aliphatic carbocycles. The smallest absolute Gasteiger partial charge is 0.232 e. The standard InChI is InChI=1S/C23H23N7O2/c1-15-4-6-20-19(8-15)16(9-24)11-29(20)18-12-28(13-18)23-27-26-21(14-31-2)30(23)17-5-7-22(32-3)25-10-17/h4-8,10-11,18H,12-14H2,1-3H3. The lowest BCUT2D eigenvalue weighted by atomic mass is 10.1. The van der Waals surface area contributed by atoms with Crippen molar-refractivity contribution >= 4 is 16.9 Å². The molecule has 1 fully saturated rings. The highest BCUT2D eigenvalue weighted by Gasteiger charge is 2.33. The van der Waals surface area contributed by atoms with Crippen LogP contribution in [-0.4, -0.2) is 51.6 Å². The number of fused-ring (bicyclic) bond motifs is 1. The summed E-state index contributed by atoms with van der Waals surface area (Å²) in [7, 11) is 3.23. The maximum atomic E-state index is 9.57. The van der Waals surface area contributed by atoms with Crippen LogP contribution in [0.5, 0.6) is 5.88 Å². The maximum Gasteiger partial charge on any atom is 0.232 e. The van der Waals surface area contributed by atoms with E-state index in [2.05, 4.69) is 48.9 Å². The van der Waals surface area contributed by atoms with Crippen LogP contribution in [-0.2, 0) is 11.3 Å². The quantitative estimate of drug-likeness (QED) is 0.465. The van der Waals surface area contributed by atoms with Crippen LogP contribution < -0.4 is 9.64 Å². The molecule has 0 atom stereocenters. The number of benzene rings is 1. The highest BCUT2D eigenvalue weighted by molar-refractivity contribution is 5.87. The summed E-state index contributed by atoms with van der Waals surface area (Å²) in [6.07, 6.45) is 3.70.